The molecule has 2 aromatic heterocycles. The zero-order valence-electron chi connectivity index (χ0n) is 8.40. The summed E-state index contributed by atoms with van der Waals surface area (Å²) in [5.74, 6) is 0.672. The monoisotopic (exact) mass is 192 g/mol. The lowest BCUT2D eigenvalue weighted by Gasteiger charge is -1.95. The molecule has 0 aliphatic rings. The van der Waals surface area contributed by atoms with Crippen LogP contribution in [0.1, 0.15) is 11.4 Å². The van der Waals surface area contributed by atoms with Gasteiger partial charge in [0, 0.05) is 12.7 Å². The molecule has 0 aliphatic heterocycles. The number of nitrogens with two attached hydrogens (primary N) is 1. The molecule has 14 heavy (non-hydrogen) atoms. The Bertz CT molecular complexity index is 469. The van der Waals surface area contributed by atoms with Gasteiger partial charge in [0.2, 0.25) is 0 Å². The first-order chi connectivity index (χ1) is 6.59. The lowest BCUT2D eigenvalue weighted by Crippen LogP contribution is -1.92. The summed E-state index contributed by atoms with van der Waals surface area (Å²) in [6.45, 7) is 3.91. The Morgan fingerprint density at radius 1 is 1.43 bits per heavy atom. The van der Waals surface area contributed by atoms with Crippen LogP contribution in [0.3, 0.4) is 0 Å². The van der Waals surface area contributed by atoms with E-state index in [1.165, 1.54) is 0 Å². The predicted octanol–water partition coefficient (Wildman–Crippen LogP) is 1.27. The number of nitrogens with zero attached hydrogens (tertiary/aromatic N) is 3. The molecule has 0 fully saturated rings. The molecule has 0 amide bonds. The first-order valence-electron chi connectivity index (χ1n) is 4.31. The van der Waals surface area contributed by atoms with Gasteiger partial charge in [-0.25, -0.2) is 4.98 Å². The van der Waals surface area contributed by atoms with E-state index < -0.39 is 0 Å². The zero-order valence-corrected chi connectivity index (χ0v) is 8.40. The second-order valence-electron chi connectivity index (χ2n) is 3.23. The Labute approximate surface area is 81.5 Å². The Hall–Kier alpha value is -1.78. The molecule has 2 rings (SSSR count). The van der Waals surface area contributed by atoms with E-state index in [0.717, 1.165) is 17.0 Å². The van der Waals surface area contributed by atoms with Crippen molar-refractivity contribution in [2.45, 2.75) is 13.8 Å². The Morgan fingerprint density at radius 2 is 2.14 bits per heavy atom. The average molecular weight is 192 g/mol. The number of hydrogen-bond acceptors (Lipinski definition) is 4. The number of anilines is 1. The fourth-order valence-corrected chi connectivity index (χ4v) is 1.53. The molecule has 2 aromatic rings. The molecule has 0 saturated heterocycles. The maximum Gasteiger partial charge on any atom is 0.292 e. The van der Waals surface area contributed by atoms with Crippen LogP contribution in [-0.4, -0.2) is 14.8 Å². The third-order valence-corrected chi connectivity index (χ3v) is 2.28. The van der Waals surface area contributed by atoms with Crippen molar-refractivity contribution in [3.8, 4) is 11.3 Å². The lowest BCUT2D eigenvalue weighted by atomic mass is 10.1. The molecule has 0 aliphatic carbocycles. The van der Waals surface area contributed by atoms with Crippen LogP contribution >= 0.6 is 0 Å². The molecule has 74 valence electrons. The first kappa shape index (κ1) is 8.80. The SMILES string of the molecule is Cc1nn(C)c(C)c1-c1cnc(N)o1. The topological polar surface area (TPSA) is 69.9 Å². The summed E-state index contributed by atoms with van der Waals surface area (Å²) in [6, 6.07) is 0.183. The van der Waals surface area contributed by atoms with Crippen molar-refractivity contribution in [1.29, 1.82) is 0 Å². The van der Waals surface area contributed by atoms with Gasteiger partial charge in [-0.05, 0) is 13.8 Å². The molecule has 5 nitrogen and oxygen atoms in total. The van der Waals surface area contributed by atoms with Crippen molar-refractivity contribution in [2.75, 3.05) is 5.73 Å². The summed E-state index contributed by atoms with van der Waals surface area (Å²) in [6.07, 6.45) is 1.62. The summed E-state index contributed by atoms with van der Waals surface area (Å²) in [4.78, 5) is 3.86. The largest absolute Gasteiger partial charge is 0.424 e. The minimum Gasteiger partial charge on any atom is -0.424 e. The maximum atomic E-state index is 5.42. The van der Waals surface area contributed by atoms with Crippen molar-refractivity contribution in [2.24, 2.45) is 7.05 Å². The third-order valence-electron chi connectivity index (χ3n) is 2.28. The average Bonchev–Trinajstić information content (AvgIpc) is 2.60. The van der Waals surface area contributed by atoms with E-state index in [9.17, 15) is 0 Å². The van der Waals surface area contributed by atoms with Gasteiger partial charge in [-0.1, -0.05) is 0 Å². The fraction of sp³-hybridized carbons (Fsp3) is 0.333. The summed E-state index contributed by atoms with van der Waals surface area (Å²) in [5, 5.41) is 4.28. The lowest BCUT2D eigenvalue weighted by molar-refractivity contribution is 0.594. The molecule has 2 N–H and O–H groups in total. The number of nitrogen functional groups attached to an aromatic ring is 1. The van der Waals surface area contributed by atoms with Gasteiger partial charge < -0.3 is 10.2 Å². The molecule has 0 atom stereocenters. The molecular weight excluding hydrogens is 180 g/mol. The molecule has 0 bridgehead atoms. The van der Waals surface area contributed by atoms with E-state index in [0.29, 0.717) is 5.76 Å². The maximum absolute atomic E-state index is 5.42. The summed E-state index contributed by atoms with van der Waals surface area (Å²) >= 11 is 0. The quantitative estimate of drug-likeness (QED) is 0.738. The van der Waals surface area contributed by atoms with Crippen LogP contribution in [0.25, 0.3) is 11.3 Å². The summed E-state index contributed by atoms with van der Waals surface area (Å²) in [5.41, 5.74) is 8.35. The highest BCUT2D eigenvalue weighted by Crippen LogP contribution is 2.27. The van der Waals surface area contributed by atoms with Gasteiger partial charge in [-0.15, -0.1) is 0 Å². The summed E-state index contributed by atoms with van der Waals surface area (Å²) < 4.78 is 7.07. The second kappa shape index (κ2) is 2.87. The number of aromatic nitrogens is 3. The number of aryl methyl sites for hydroxylation is 2. The summed E-state index contributed by atoms with van der Waals surface area (Å²) in [7, 11) is 1.89. The number of oxazole rings is 1. The van der Waals surface area contributed by atoms with Crippen LogP contribution in [-0.2, 0) is 7.05 Å². The van der Waals surface area contributed by atoms with Crippen molar-refractivity contribution >= 4 is 6.01 Å². The van der Waals surface area contributed by atoms with Gasteiger partial charge in [-0.2, -0.15) is 5.10 Å². The second-order valence-corrected chi connectivity index (χ2v) is 3.23. The molecule has 0 aromatic carbocycles. The van der Waals surface area contributed by atoms with Gasteiger partial charge in [0.25, 0.3) is 6.01 Å². The Balaban J connectivity index is 2.61. The van der Waals surface area contributed by atoms with Crippen molar-refractivity contribution in [3.63, 3.8) is 0 Å². The highest BCUT2D eigenvalue weighted by molar-refractivity contribution is 5.63. The van der Waals surface area contributed by atoms with Crippen LogP contribution < -0.4 is 5.73 Å². The van der Waals surface area contributed by atoms with Crippen LogP contribution in [0.5, 0.6) is 0 Å². The van der Waals surface area contributed by atoms with E-state index in [2.05, 4.69) is 10.1 Å². The molecule has 0 spiro atoms. The van der Waals surface area contributed by atoms with Gasteiger partial charge in [-0.3, -0.25) is 4.68 Å². The molecule has 0 unspecified atom stereocenters. The van der Waals surface area contributed by atoms with Crippen LogP contribution in [0.4, 0.5) is 6.01 Å². The van der Waals surface area contributed by atoms with Gasteiger partial charge in [0.15, 0.2) is 5.76 Å². The normalized spacial score (nSPS) is 10.8. The number of rotatable bonds is 1. The highest BCUT2D eigenvalue weighted by atomic mass is 16.4. The van der Waals surface area contributed by atoms with E-state index in [4.69, 9.17) is 10.2 Å². The van der Waals surface area contributed by atoms with E-state index in [1.807, 2.05) is 25.6 Å². The molecule has 0 radical (unpaired) electrons. The van der Waals surface area contributed by atoms with Crippen molar-refractivity contribution in [1.82, 2.24) is 14.8 Å². The minimum atomic E-state index is 0.183. The van der Waals surface area contributed by atoms with Crippen LogP contribution in [0.2, 0.25) is 0 Å². The number of hydrogen-bond donors (Lipinski definition) is 1. The van der Waals surface area contributed by atoms with Crippen molar-refractivity contribution < 1.29 is 4.42 Å². The Morgan fingerprint density at radius 3 is 2.57 bits per heavy atom. The van der Waals surface area contributed by atoms with E-state index in [1.54, 1.807) is 6.20 Å². The molecule has 0 saturated carbocycles. The van der Waals surface area contributed by atoms with E-state index >= 15 is 0 Å². The molecular formula is C9H12N4O. The van der Waals surface area contributed by atoms with Crippen LogP contribution in [0, 0.1) is 13.8 Å². The molecule has 5 heteroatoms. The van der Waals surface area contributed by atoms with E-state index in [-0.39, 0.29) is 6.01 Å². The zero-order chi connectivity index (χ0) is 10.3. The molecule has 2 heterocycles. The first-order valence-corrected chi connectivity index (χ1v) is 4.31. The smallest absolute Gasteiger partial charge is 0.292 e. The standard InChI is InChI=1S/C9H12N4O/c1-5-8(6(2)13(3)12-5)7-4-11-9(10)14-7/h4H,1-3H3,(H2,10,11). The Kier molecular flexibility index (Phi) is 1.80. The van der Waals surface area contributed by atoms with Gasteiger partial charge in [0.1, 0.15) is 0 Å². The predicted molar refractivity (Wildman–Crippen MR) is 52.6 cm³/mol. The third kappa shape index (κ3) is 1.17. The van der Waals surface area contributed by atoms with Gasteiger partial charge in [0.05, 0.1) is 17.5 Å². The minimum absolute atomic E-state index is 0.183. The highest BCUT2D eigenvalue weighted by Gasteiger charge is 2.14. The fourth-order valence-electron chi connectivity index (χ4n) is 1.53. The van der Waals surface area contributed by atoms with Crippen molar-refractivity contribution in [3.05, 3.63) is 17.6 Å². The van der Waals surface area contributed by atoms with Gasteiger partial charge >= 0.3 is 0 Å². The van der Waals surface area contributed by atoms with Crippen LogP contribution in [0.15, 0.2) is 10.6 Å².